The number of aliphatic carboxylic acids is 1. The second kappa shape index (κ2) is 12.4. The van der Waals surface area contributed by atoms with Crippen LogP contribution < -0.4 is 27.4 Å². The molecule has 1 aromatic rings. The maximum Gasteiger partial charge on any atom is 0.326 e. The van der Waals surface area contributed by atoms with Crippen LogP contribution in [0.2, 0.25) is 0 Å². The van der Waals surface area contributed by atoms with Crippen LogP contribution in [0.5, 0.6) is 0 Å². The molecule has 0 aromatic carbocycles. The van der Waals surface area contributed by atoms with Crippen molar-refractivity contribution in [3.63, 3.8) is 0 Å². The first-order valence-corrected chi connectivity index (χ1v) is 10.1. The molecule has 0 saturated carbocycles. The normalized spacial score (nSPS) is 14.7. The number of primary amides is 1. The summed E-state index contributed by atoms with van der Waals surface area (Å²) >= 11 is 0. The summed E-state index contributed by atoms with van der Waals surface area (Å²) < 4.78 is 0. The number of nitrogens with two attached hydrogens (primary N) is 2. The summed E-state index contributed by atoms with van der Waals surface area (Å²) in [6.45, 7) is 5.18. The summed E-state index contributed by atoms with van der Waals surface area (Å²) in [4.78, 5) is 66.9. The molecule has 0 aliphatic heterocycles. The number of carboxylic acids is 1. The van der Waals surface area contributed by atoms with E-state index in [0.29, 0.717) is 5.69 Å². The lowest BCUT2D eigenvalue weighted by Crippen LogP contribution is -2.58. The Labute approximate surface area is 185 Å². The molecule has 0 spiro atoms. The monoisotopic (exact) mass is 453 g/mol. The number of carbonyl (C=O) groups is 5. The van der Waals surface area contributed by atoms with Crippen molar-refractivity contribution in [3.05, 3.63) is 18.2 Å². The van der Waals surface area contributed by atoms with Gasteiger partial charge in [-0.15, -0.1) is 0 Å². The molecule has 0 bridgehead atoms. The third-order valence-electron chi connectivity index (χ3n) is 4.39. The van der Waals surface area contributed by atoms with Crippen LogP contribution in [0.3, 0.4) is 0 Å². The zero-order chi connectivity index (χ0) is 24.4. The number of carboxylic acid groups (broad SMARTS) is 1. The van der Waals surface area contributed by atoms with Crippen LogP contribution >= 0.6 is 0 Å². The number of nitrogens with one attached hydrogen (secondary N) is 4. The second-order valence-electron chi connectivity index (χ2n) is 7.89. The highest BCUT2D eigenvalue weighted by Gasteiger charge is 2.31. The number of imidazole rings is 1. The van der Waals surface area contributed by atoms with Crippen LogP contribution in [-0.4, -0.2) is 68.8 Å². The van der Waals surface area contributed by atoms with Gasteiger partial charge in [-0.3, -0.25) is 19.2 Å². The number of aromatic amines is 1. The molecule has 0 fully saturated rings. The first kappa shape index (κ1) is 26.6. The van der Waals surface area contributed by atoms with Crippen LogP contribution in [0.15, 0.2) is 12.5 Å². The van der Waals surface area contributed by atoms with Gasteiger partial charge >= 0.3 is 5.97 Å². The predicted molar refractivity (Wildman–Crippen MR) is 113 cm³/mol. The smallest absolute Gasteiger partial charge is 0.326 e. The molecule has 4 atom stereocenters. The molecule has 0 radical (unpaired) electrons. The minimum absolute atomic E-state index is 0.0333. The molecule has 1 heterocycles. The first-order valence-electron chi connectivity index (χ1n) is 10.1. The summed E-state index contributed by atoms with van der Waals surface area (Å²) in [5, 5.41) is 16.5. The van der Waals surface area contributed by atoms with Gasteiger partial charge in [0.05, 0.1) is 18.8 Å². The van der Waals surface area contributed by atoms with Crippen LogP contribution in [0.25, 0.3) is 0 Å². The fraction of sp³-hybridized carbons (Fsp3) is 0.579. The number of hydrogen-bond donors (Lipinski definition) is 7. The molecule has 4 unspecified atom stereocenters. The number of amides is 4. The standard InChI is InChI=1S/C19H31N7O6/c1-9(2)4-12(24-16(28)10(3)20)17(29)25-13(5-11-7-22-8-23-11)18(30)26-14(19(31)32)6-15(21)27/h7-10,12-14H,4-6,20H2,1-3H3,(H2,21,27)(H,22,23)(H,24,28)(H,25,29)(H,26,30)(H,31,32). The van der Waals surface area contributed by atoms with Crippen molar-refractivity contribution in [2.75, 3.05) is 0 Å². The van der Waals surface area contributed by atoms with Crippen molar-refractivity contribution in [1.29, 1.82) is 0 Å². The minimum Gasteiger partial charge on any atom is -0.480 e. The lowest BCUT2D eigenvalue weighted by Gasteiger charge is -2.25. The van der Waals surface area contributed by atoms with Crippen LogP contribution in [0.4, 0.5) is 0 Å². The van der Waals surface area contributed by atoms with Crippen LogP contribution in [-0.2, 0) is 30.4 Å². The van der Waals surface area contributed by atoms with Crippen molar-refractivity contribution in [3.8, 4) is 0 Å². The molecule has 13 heteroatoms. The van der Waals surface area contributed by atoms with Gasteiger partial charge in [-0.1, -0.05) is 13.8 Å². The van der Waals surface area contributed by atoms with E-state index in [1.807, 2.05) is 13.8 Å². The van der Waals surface area contributed by atoms with E-state index in [2.05, 4.69) is 25.9 Å². The van der Waals surface area contributed by atoms with E-state index in [9.17, 15) is 29.1 Å². The zero-order valence-electron chi connectivity index (χ0n) is 18.3. The van der Waals surface area contributed by atoms with Gasteiger partial charge in [0.15, 0.2) is 0 Å². The molecular formula is C19H31N7O6. The quantitative estimate of drug-likeness (QED) is 0.172. The molecule has 0 saturated heterocycles. The van der Waals surface area contributed by atoms with E-state index in [0.717, 1.165) is 0 Å². The number of carbonyl (C=O) groups excluding carboxylic acids is 4. The summed E-state index contributed by atoms with van der Waals surface area (Å²) in [5.41, 5.74) is 11.1. The lowest BCUT2D eigenvalue weighted by molar-refractivity contribution is -0.143. The molecule has 13 nitrogen and oxygen atoms in total. The van der Waals surface area contributed by atoms with Crippen molar-refractivity contribution < 1.29 is 29.1 Å². The second-order valence-corrected chi connectivity index (χ2v) is 7.89. The molecule has 1 rings (SSSR count). The van der Waals surface area contributed by atoms with Gasteiger partial charge in [-0.05, 0) is 19.3 Å². The van der Waals surface area contributed by atoms with Crippen LogP contribution in [0.1, 0.15) is 39.3 Å². The minimum atomic E-state index is -1.56. The van der Waals surface area contributed by atoms with Gasteiger partial charge < -0.3 is 37.5 Å². The SMILES string of the molecule is CC(C)CC(NC(=O)C(C)N)C(=O)NC(Cc1cnc[nH]1)C(=O)NC(CC(N)=O)C(=O)O. The Morgan fingerprint density at radius 2 is 1.56 bits per heavy atom. The fourth-order valence-electron chi connectivity index (χ4n) is 2.78. The molecule has 0 aliphatic carbocycles. The van der Waals surface area contributed by atoms with E-state index in [4.69, 9.17) is 11.5 Å². The number of rotatable bonds is 13. The van der Waals surface area contributed by atoms with Gasteiger partial charge in [0.1, 0.15) is 18.1 Å². The number of H-pyrrole nitrogens is 1. The average molecular weight is 454 g/mol. The van der Waals surface area contributed by atoms with E-state index in [1.54, 1.807) is 0 Å². The van der Waals surface area contributed by atoms with Gasteiger partial charge in [-0.25, -0.2) is 9.78 Å². The third kappa shape index (κ3) is 9.12. The predicted octanol–water partition coefficient (Wildman–Crippen LogP) is -2.24. The Kier molecular flexibility index (Phi) is 10.3. The van der Waals surface area contributed by atoms with Crippen molar-refractivity contribution in [1.82, 2.24) is 25.9 Å². The maximum absolute atomic E-state index is 12.9. The fourth-order valence-corrected chi connectivity index (χ4v) is 2.78. The van der Waals surface area contributed by atoms with Crippen LogP contribution in [0, 0.1) is 5.92 Å². The Balaban J connectivity index is 3.06. The molecule has 32 heavy (non-hydrogen) atoms. The Hall–Kier alpha value is -3.48. The largest absolute Gasteiger partial charge is 0.480 e. The van der Waals surface area contributed by atoms with E-state index in [-0.39, 0.29) is 18.8 Å². The summed E-state index contributed by atoms with van der Waals surface area (Å²) in [6, 6.07) is -4.59. The zero-order valence-corrected chi connectivity index (χ0v) is 18.3. The van der Waals surface area contributed by atoms with Gasteiger partial charge in [0.2, 0.25) is 23.6 Å². The van der Waals surface area contributed by atoms with E-state index >= 15 is 0 Å². The molecule has 9 N–H and O–H groups in total. The Morgan fingerprint density at radius 1 is 1.00 bits per heavy atom. The lowest BCUT2D eigenvalue weighted by atomic mass is 10.0. The molecule has 4 amide bonds. The molecule has 1 aromatic heterocycles. The topological polar surface area (TPSA) is 222 Å². The molecule has 0 aliphatic rings. The molecular weight excluding hydrogens is 422 g/mol. The highest BCUT2D eigenvalue weighted by Crippen LogP contribution is 2.08. The van der Waals surface area contributed by atoms with Crippen molar-refractivity contribution >= 4 is 29.6 Å². The molecule has 178 valence electrons. The summed E-state index contributed by atoms with van der Waals surface area (Å²) in [7, 11) is 0. The number of aromatic nitrogens is 2. The van der Waals surface area contributed by atoms with Crippen molar-refractivity contribution in [2.45, 2.75) is 64.2 Å². The summed E-state index contributed by atoms with van der Waals surface area (Å²) in [5.74, 6) is -4.36. The Morgan fingerprint density at radius 3 is 2.03 bits per heavy atom. The van der Waals surface area contributed by atoms with E-state index < -0.39 is 60.2 Å². The van der Waals surface area contributed by atoms with Gasteiger partial charge in [0.25, 0.3) is 0 Å². The number of nitrogens with zero attached hydrogens (tertiary/aromatic N) is 1. The highest BCUT2D eigenvalue weighted by atomic mass is 16.4. The number of hydrogen-bond acceptors (Lipinski definition) is 7. The Bertz CT molecular complexity index is 809. The third-order valence-corrected chi connectivity index (χ3v) is 4.39. The van der Waals surface area contributed by atoms with E-state index in [1.165, 1.54) is 19.4 Å². The van der Waals surface area contributed by atoms with Crippen molar-refractivity contribution in [2.24, 2.45) is 17.4 Å². The first-order chi connectivity index (χ1) is 14.9. The summed E-state index contributed by atoms with van der Waals surface area (Å²) in [6.07, 6.45) is 2.43. The van der Waals surface area contributed by atoms with Gasteiger partial charge in [-0.2, -0.15) is 0 Å². The average Bonchev–Trinajstić information content (AvgIpc) is 3.18. The maximum atomic E-state index is 12.9. The highest BCUT2D eigenvalue weighted by molar-refractivity contribution is 5.94. The van der Waals surface area contributed by atoms with Gasteiger partial charge in [0, 0.05) is 18.3 Å².